The van der Waals surface area contributed by atoms with Gasteiger partial charge in [0.25, 0.3) is 0 Å². The topological polar surface area (TPSA) is 95.9 Å². The van der Waals surface area contributed by atoms with Crippen LogP contribution in [0.3, 0.4) is 0 Å². The molecule has 2 aromatic rings. The van der Waals surface area contributed by atoms with E-state index in [0.29, 0.717) is 13.1 Å². The van der Waals surface area contributed by atoms with Gasteiger partial charge in [0.05, 0.1) is 5.41 Å². The fourth-order valence-corrected chi connectivity index (χ4v) is 5.23. The zero-order chi connectivity index (χ0) is 25.2. The van der Waals surface area contributed by atoms with Crippen LogP contribution in [0.4, 0.5) is 4.79 Å². The maximum absolute atomic E-state index is 12.8. The Kier molecular flexibility index (Phi) is 7.15. The molecule has 1 heterocycles. The first-order valence-corrected chi connectivity index (χ1v) is 12.3. The molecule has 2 aromatic carbocycles. The monoisotopic (exact) mass is 478 g/mol. The molecule has 1 aliphatic carbocycles. The van der Waals surface area contributed by atoms with Crippen LogP contribution in [0, 0.1) is 17.3 Å². The Morgan fingerprint density at radius 2 is 1.71 bits per heavy atom. The molecule has 0 bridgehead atoms. The molecule has 2 amide bonds. The van der Waals surface area contributed by atoms with E-state index in [1.165, 1.54) is 11.1 Å². The average molecular weight is 479 g/mol. The van der Waals surface area contributed by atoms with E-state index in [1.54, 1.807) is 11.8 Å². The lowest BCUT2D eigenvalue weighted by atomic mass is 9.81. The van der Waals surface area contributed by atoms with E-state index < -0.39 is 17.5 Å². The maximum Gasteiger partial charge on any atom is 0.407 e. The third-order valence-electron chi connectivity index (χ3n) is 7.86. The number of nitrogens with one attached hydrogen (secondary N) is 1. The Hall–Kier alpha value is -3.35. The summed E-state index contributed by atoms with van der Waals surface area (Å²) in [6, 6.07) is 16.4. The zero-order valence-electron chi connectivity index (χ0n) is 20.6. The molecular weight excluding hydrogens is 444 g/mol. The van der Waals surface area contributed by atoms with Gasteiger partial charge in [0, 0.05) is 32.0 Å². The van der Waals surface area contributed by atoms with Gasteiger partial charge in [-0.05, 0) is 41.0 Å². The number of fused-ring (bicyclic) bond motifs is 3. The van der Waals surface area contributed by atoms with Crippen molar-refractivity contribution < 1.29 is 24.2 Å². The number of carbonyl (C=O) groups is 3. The lowest BCUT2D eigenvalue weighted by molar-refractivity contribution is -0.149. The van der Waals surface area contributed by atoms with Crippen LogP contribution >= 0.6 is 0 Å². The molecule has 3 unspecified atom stereocenters. The molecule has 2 aliphatic rings. The number of rotatable bonds is 8. The smallest absolute Gasteiger partial charge is 0.407 e. The SMILES string of the molecule is CCC(CNC(=O)OCC1c2ccccc2-c2ccccc21)CC(=O)N1CC(C)C(C)(C(=O)O)C1. The molecule has 7 nitrogen and oxygen atoms in total. The number of carboxylic acid groups (broad SMARTS) is 1. The highest BCUT2D eigenvalue weighted by Crippen LogP contribution is 2.44. The van der Waals surface area contributed by atoms with E-state index >= 15 is 0 Å². The number of benzene rings is 2. The molecule has 35 heavy (non-hydrogen) atoms. The summed E-state index contributed by atoms with van der Waals surface area (Å²) in [5, 5.41) is 12.4. The summed E-state index contributed by atoms with van der Waals surface area (Å²) in [4.78, 5) is 38.6. The lowest BCUT2D eigenvalue weighted by Gasteiger charge is -2.23. The van der Waals surface area contributed by atoms with Crippen molar-refractivity contribution in [1.29, 1.82) is 0 Å². The first kappa shape index (κ1) is 24.8. The molecule has 1 saturated heterocycles. The van der Waals surface area contributed by atoms with Crippen LogP contribution in [0.25, 0.3) is 11.1 Å². The Morgan fingerprint density at radius 3 is 2.26 bits per heavy atom. The number of amides is 2. The second-order valence-corrected chi connectivity index (χ2v) is 10.1. The fraction of sp³-hybridized carbons (Fsp3) is 0.464. The van der Waals surface area contributed by atoms with Gasteiger partial charge < -0.3 is 20.1 Å². The summed E-state index contributed by atoms with van der Waals surface area (Å²) in [6.45, 7) is 6.79. The van der Waals surface area contributed by atoms with Crippen molar-refractivity contribution in [3.63, 3.8) is 0 Å². The maximum atomic E-state index is 12.8. The Labute approximate surface area is 206 Å². The van der Waals surface area contributed by atoms with Gasteiger partial charge in [-0.15, -0.1) is 0 Å². The first-order chi connectivity index (χ1) is 16.7. The molecule has 0 aromatic heterocycles. The summed E-state index contributed by atoms with van der Waals surface area (Å²) >= 11 is 0. The number of aliphatic carboxylic acids is 1. The summed E-state index contributed by atoms with van der Waals surface area (Å²) < 4.78 is 5.60. The van der Waals surface area contributed by atoms with Crippen LogP contribution in [0.2, 0.25) is 0 Å². The molecule has 1 fully saturated rings. The highest BCUT2D eigenvalue weighted by Gasteiger charge is 2.47. The second kappa shape index (κ2) is 10.1. The molecule has 1 aliphatic heterocycles. The quantitative estimate of drug-likeness (QED) is 0.582. The van der Waals surface area contributed by atoms with E-state index in [-0.39, 0.29) is 43.2 Å². The van der Waals surface area contributed by atoms with E-state index in [1.807, 2.05) is 38.1 Å². The van der Waals surface area contributed by atoms with E-state index in [9.17, 15) is 19.5 Å². The lowest BCUT2D eigenvalue weighted by Crippen LogP contribution is -2.38. The molecule has 0 saturated carbocycles. The van der Waals surface area contributed by atoms with E-state index in [0.717, 1.165) is 17.5 Å². The van der Waals surface area contributed by atoms with Gasteiger partial charge in [-0.1, -0.05) is 68.8 Å². The summed E-state index contributed by atoms with van der Waals surface area (Å²) in [5.74, 6) is -1.09. The molecule has 3 atom stereocenters. The van der Waals surface area contributed by atoms with E-state index in [4.69, 9.17) is 4.74 Å². The predicted octanol–water partition coefficient (Wildman–Crippen LogP) is 4.51. The molecule has 2 N–H and O–H groups in total. The number of nitrogens with zero attached hydrogens (tertiary/aromatic N) is 1. The van der Waals surface area contributed by atoms with Gasteiger partial charge in [0.1, 0.15) is 6.61 Å². The average Bonchev–Trinajstić information content (AvgIpc) is 3.35. The minimum absolute atomic E-state index is 0.00241. The van der Waals surface area contributed by atoms with Crippen molar-refractivity contribution in [2.45, 2.75) is 39.5 Å². The van der Waals surface area contributed by atoms with Crippen molar-refractivity contribution in [3.05, 3.63) is 59.7 Å². The highest BCUT2D eigenvalue weighted by atomic mass is 16.5. The van der Waals surface area contributed by atoms with Gasteiger partial charge in [0.15, 0.2) is 0 Å². The van der Waals surface area contributed by atoms with Gasteiger partial charge in [-0.2, -0.15) is 0 Å². The first-order valence-electron chi connectivity index (χ1n) is 12.3. The summed E-state index contributed by atoms with van der Waals surface area (Å²) in [5.41, 5.74) is 3.75. The third-order valence-corrected chi connectivity index (χ3v) is 7.86. The van der Waals surface area contributed by atoms with Crippen LogP contribution < -0.4 is 5.32 Å². The van der Waals surface area contributed by atoms with Crippen LogP contribution in [-0.2, 0) is 14.3 Å². The molecule has 186 valence electrons. The van der Waals surface area contributed by atoms with Crippen LogP contribution in [0.15, 0.2) is 48.5 Å². The molecule has 4 rings (SSSR count). The van der Waals surface area contributed by atoms with Crippen LogP contribution in [-0.4, -0.2) is 54.2 Å². The Bertz CT molecular complexity index is 1070. The van der Waals surface area contributed by atoms with Crippen LogP contribution in [0.1, 0.15) is 50.7 Å². The largest absolute Gasteiger partial charge is 0.481 e. The predicted molar refractivity (Wildman–Crippen MR) is 133 cm³/mol. The standard InChI is InChI=1S/C28H34N2O5/c1-4-19(13-25(31)30-15-18(2)28(3,17-30)26(32)33)14-29-27(34)35-16-24-22-11-7-5-9-20(22)21-10-6-8-12-23(21)24/h5-12,18-19,24H,4,13-17H2,1-3H3,(H,29,34)(H,32,33). The van der Waals surface area contributed by atoms with Crippen molar-refractivity contribution in [3.8, 4) is 11.1 Å². The number of likely N-dealkylation sites (tertiary alicyclic amines) is 1. The fourth-order valence-electron chi connectivity index (χ4n) is 5.23. The molecular formula is C28H34N2O5. The third kappa shape index (κ3) is 4.90. The minimum Gasteiger partial charge on any atom is -0.481 e. The van der Waals surface area contributed by atoms with Crippen molar-refractivity contribution in [2.24, 2.45) is 17.3 Å². The van der Waals surface area contributed by atoms with Gasteiger partial charge in [0.2, 0.25) is 5.91 Å². The molecule has 0 radical (unpaired) electrons. The second-order valence-electron chi connectivity index (χ2n) is 10.1. The number of carbonyl (C=O) groups excluding carboxylic acids is 2. The normalized spacial score (nSPS) is 21.8. The highest BCUT2D eigenvalue weighted by molar-refractivity contribution is 5.81. The van der Waals surface area contributed by atoms with Gasteiger partial charge in [-0.25, -0.2) is 4.79 Å². The number of carboxylic acids is 1. The van der Waals surface area contributed by atoms with Crippen molar-refractivity contribution in [2.75, 3.05) is 26.2 Å². The molecule has 0 spiro atoms. The number of hydrogen-bond acceptors (Lipinski definition) is 4. The number of alkyl carbamates (subject to hydrolysis) is 1. The Balaban J connectivity index is 1.28. The van der Waals surface area contributed by atoms with Gasteiger partial charge in [-0.3, -0.25) is 9.59 Å². The van der Waals surface area contributed by atoms with Crippen molar-refractivity contribution >= 4 is 18.0 Å². The summed E-state index contributed by atoms with van der Waals surface area (Å²) in [6.07, 6.45) is 0.489. The summed E-state index contributed by atoms with van der Waals surface area (Å²) in [7, 11) is 0. The number of ether oxygens (including phenoxy) is 1. The van der Waals surface area contributed by atoms with Crippen molar-refractivity contribution in [1.82, 2.24) is 10.2 Å². The van der Waals surface area contributed by atoms with E-state index in [2.05, 4.69) is 29.6 Å². The van der Waals surface area contributed by atoms with Crippen LogP contribution in [0.5, 0.6) is 0 Å². The molecule has 7 heteroatoms. The Morgan fingerprint density at radius 1 is 1.11 bits per heavy atom. The minimum atomic E-state index is -0.920. The zero-order valence-corrected chi connectivity index (χ0v) is 20.6. The van der Waals surface area contributed by atoms with Gasteiger partial charge >= 0.3 is 12.1 Å². The number of hydrogen-bond donors (Lipinski definition) is 2.